The van der Waals surface area contributed by atoms with Crippen LogP contribution in [0.2, 0.25) is 0 Å². The van der Waals surface area contributed by atoms with Crippen LogP contribution < -0.4 is 29.7 Å². The van der Waals surface area contributed by atoms with Gasteiger partial charge in [0, 0.05) is 16.5 Å². The number of sulfonamides is 1. The maximum absolute atomic E-state index is 13.9. The fourth-order valence-corrected chi connectivity index (χ4v) is 8.41. The highest BCUT2D eigenvalue weighted by atomic mass is 32.2. The minimum Gasteiger partial charge on any atom is -0.490 e. The average Bonchev–Trinajstić information content (AvgIpc) is 3.50. The quantitative estimate of drug-likeness (QED) is 0.226. The molecule has 3 atom stereocenters. The second kappa shape index (κ2) is 12.2. The molecule has 0 aliphatic carbocycles. The fraction of sp³-hybridized carbons (Fsp3) is 0.200. The summed E-state index contributed by atoms with van der Waals surface area (Å²) in [6.45, 7) is 1.68. The van der Waals surface area contributed by atoms with E-state index in [1.807, 2.05) is 0 Å². The molecule has 3 heterocycles. The van der Waals surface area contributed by atoms with Crippen LogP contribution in [0.25, 0.3) is 0 Å². The van der Waals surface area contributed by atoms with E-state index in [1.54, 1.807) is 55.5 Å². The third-order valence-corrected chi connectivity index (χ3v) is 10.6. The predicted molar refractivity (Wildman–Crippen MR) is 168 cm³/mol. The highest BCUT2D eigenvalue weighted by Gasteiger charge is 2.56. The van der Waals surface area contributed by atoms with Crippen molar-refractivity contribution in [3.63, 3.8) is 0 Å². The first-order chi connectivity index (χ1) is 21.5. The van der Waals surface area contributed by atoms with Crippen LogP contribution >= 0.6 is 23.1 Å². The van der Waals surface area contributed by atoms with Crippen molar-refractivity contribution >= 4 is 62.2 Å². The summed E-state index contributed by atoms with van der Waals surface area (Å²) in [5.41, 5.74) is 1.48. The summed E-state index contributed by atoms with van der Waals surface area (Å²) in [5.74, 6) is -2.01. The van der Waals surface area contributed by atoms with Crippen molar-refractivity contribution in [2.75, 3.05) is 23.4 Å². The zero-order valence-corrected chi connectivity index (χ0v) is 26.0. The molecule has 2 aliphatic rings. The minimum atomic E-state index is -3.86. The number of thiazole rings is 1. The summed E-state index contributed by atoms with van der Waals surface area (Å²) >= 11 is 2.20. The van der Waals surface area contributed by atoms with Crippen molar-refractivity contribution in [1.29, 1.82) is 0 Å². The number of amides is 3. The van der Waals surface area contributed by atoms with Gasteiger partial charge in [-0.3, -0.25) is 19.2 Å². The molecular formula is C30H26N4O8S3. The van der Waals surface area contributed by atoms with Crippen molar-refractivity contribution in [2.45, 2.75) is 28.0 Å². The van der Waals surface area contributed by atoms with Crippen LogP contribution in [0.5, 0.6) is 11.5 Å². The molecule has 3 amide bonds. The molecule has 12 nitrogen and oxygen atoms in total. The monoisotopic (exact) mass is 666 g/mol. The number of nitrogens with zero attached hydrogens (tertiary/aromatic N) is 1. The zero-order chi connectivity index (χ0) is 31.9. The molecule has 0 saturated carbocycles. The van der Waals surface area contributed by atoms with Crippen LogP contribution in [0.4, 0.5) is 11.4 Å². The number of carbonyl (C=O) groups is 3. The molecule has 0 spiro atoms. The van der Waals surface area contributed by atoms with E-state index in [1.165, 1.54) is 40.9 Å². The van der Waals surface area contributed by atoms with Gasteiger partial charge >= 0.3 is 4.87 Å². The third kappa shape index (κ3) is 5.99. The van der Waals surface area contributed by atoms with E-state index in [0.29, 0.717) is 32.6 Å². The van der Waals surface area contributed by atoms with Gasteiger partial charge in [-0.1, -0.05) is 47.4 Å². The van der Waals surface area contributed by atoms with E-state index in [9.17, 15) is 27.6 Å². The van der Waals surface area contributed by atoms with Gasteiger partial charge in [-0.2, -0.15) is 0 Å². The van der Waals surface area contributed by atoms with Crippen molar-refractivity contribution in [3.05, 3.63) is 92.9 Å². The molecule has 3 unspecified atom stereocenters. The maximum Gasteiger partial charge on any atom is 0.305 e. The first kappa shape index (κ1) is 30.6. The van der Waals surface area contributed by atoms with E-state index in [0.717, 1.165) is 11.3 Å². The summed E-state index contributed by atoms with van der Waals surface area (Å²) < 4.78 is 34.6. The molecule has 3 aromatic carbocycles. The number of imide groups is 1. The van der Waals surface area contributed by atoms with E-state index < -0.39 is 33.0 Å². The average molecular weight is 667 g/mol. The summed E-state index contributed by atoms with van der Waals surface area (Å²) in [6.07, 6.45) is 0. The minimum absolute atomic E-state index is 0.0865. The molecule has 0 bridgehead atoms. The number of benzene rings is 3. The lowest BCUT2D eigenvalue weighted by Gasteiger charge is -2.30. The molecule has 232 valence electrons. The number of aromatic nitrogens is 1. The number of thioether (sulfide) groups is 1. The number of para-hydroxylation sites is 1. The molecule has 4 aromatic rings. The lowest BCUT2D eigenvalue weighted by atomic mass is 9.83. The van der Waals surface area contributed by atoms with Crippen LogP contribution in [0.3, 0.4) is 0 Å². The number of anilines is 2. The first-order valence-corrected chi connectivity index (χ1v) is 16.9. The van der Waals surface area contributed by atoms with Crippen molar-refractivity contribution in [2.24, 2.45) is 11.1 Å². The Morgan fingerprint density at radius 3 is 2.40 bits per heavy atom. The van der Waals surface area contributed by atoms with Gasteiger partial charge in [-0.25, -0.2) is 18.5 Å². The molecule has 15 heteroatoms. The molecule has 45 heavy (non-hydrogen) atoms. The topological polar surface area (TPSA) is 178 Å². The number of H-pyrrole nitrogens is 1. The molecule has 1 fully saturated rings. The van der Waals surface area contributed by atoms with Gasteiger partial charge in [0.2, 0.25) is 21.8 Å². The number of fused-ring (bicyclic) bond motifs is 2. The number of hydrogen-bond acceptors (Lipinski definition) is 10. The predicted octanol–water partition coefficient (Wildman–Crippen LogP) is 3.30. The van der Waals surface area contributed by atoms with E-state index >= 15 is 0 Å². The second-order valence-electron chi connectivity index (χ2n) is 10.1. The number of ether oxygens (including phenoxy) is 2. The third-order valence-electron chi connectivity index (χ3n) is 7.29. The Bertz CT molecular complexity index is 1960. The highest BCUT2D eigenvalue weighted by Crippen LogP contribution is 2.53. The summed E-state index contributed by atoms with van der Waals surface area (Å²) in [5, 5.41) is 7.55. The zero-order valence-electron chi connectivity index (χ0n) is 23.6. The second-order valence-corrected chi connectivity index (χ2v) is 13.9. The SMILES string of the molecule is CCOc1cc(C2c3sc(=O)[nH]c3SC3C(=O)N(c4ccccc4)C(=O)C32)ccc1OCC(=O)Nc1ccc(S(N)(=O)=O)cc1. The Morgan fingerprint density at radius 1 is 0.978 bits per heavy atom. The lowest BCUT2D eigenvalue weighted by molar-refractivity contribution is -0.122. The van der Waals surface area contributed by atoms with Crippen LogP contribution in [0, 0.1) is 5.92 Å². The number of aromatic amines is 1. The van der Waals surface area contributed by atoms with Gasteiger partial charge in [0.15, 0.2) is 18.1 Å². The van der Waals surface area contributed by atoms with Crippen LogP contribution in [0.15, 0.2) is 87.5 Å². The standard InChI is InChI=1S/C30H26N4O8S3/c1-2-41-21-14-16(8-13-20(21)42-15-22(35)32-17-9-11-19(12-10-17)45(31,39)40)23-24-26(43-27-25(23)44-30(38)33-27)29(37)34(28(24)36)18-6-4-3-5-7-18/h3-14,23-24,26H,2,15H2,1H3,(H,32,35)(H,33,38)(H2,31,39,40). The largest absolute Gasteiger partial charge is 0.490 e. The number of primary sulfonamides is 1. The van der Waals surface area contributed by atoms with Crippen LogP contribution in [-0.4, -0.2) is 49.6 Å². The summed E-state index contributed by atoms with van der Waals surface area (Å²) in [4.78, 5) is 56.8. The molecule has 2 aliphatic heterocycles. The van der Waals surface area contributed by atoms with E-state index in [4.69, 9.17) is 14.6 Å². The number of carbonyl (C=O) groups excluding carboxylic acids is 3. The van der Waals surface area contributed by atoms with Crippen LogP contribution in [-0.2, 0) is 24.4 Å². The van der Waals surface area contributed by atoms with Gasteiger partial charge in [-0.05, 0) is 61.0 Å². The van der Waals surface area contributed by atoms with Gasteiger partial charge in [0.1, 0.15) is 5.25 Å². The molecule has 6 rings (SSSR count). The Hall–Kier alpha value is -4.44. The van der Waals surface area contributed by atoms with Crippen LogP contribution in [0.1, 0.15) is 23.3 Å². The first-order valence-electron chi connectivity index (χ1n) is 13.7. The number of rotatable bonds is 9. The molecule has 1 aromatic heterocycles. The van der Waals surface area contributed by atoms with Crippen molar-refractivity contribution < 1.29 is 32.3 Å². The Balaban J connectivity index is 1.27. The molecule has 4 N–H and O–H groups in total. The Morgan fingerprint density at radius 2 is 1.71 bits per heavy atom. The highest BCUT2D eigenvalue weighted by molar-refractivity contribution is 8.00. The van der Waals surface area contributed by atoms with E-state index in [2.05, 4.69) is 10.3 Å². The normalized spacial score (nSPS) is 19.2. The fourth-order valence-electron chi connectivity index (χ4n) is 5.38. The van der Waals surface area contributed by atoms with Gasteiger partial charge in [0.05, 0.1) is 28.1 Å². The molecule has 0 radical (unpaired) electrons. The number of hydrogen-bond donors (Lipinski definition) is 3. The van der Waals surface area contributed by atoms with E-state index in [-0.39, 0.29) is 40.5 Å². The van der Waals surface area contributed by atoms with Crippen molar-refractivity contribution in [1.82, 2.24) is 4.98 Å². The Kier molecular flexibility index (Phi) is 8.26. The number of nitrogens with two attached hydrogens (primary N) is 1. The van der Waals surface area contributed by atoms with Gasteiger partial charge in [0.25, 0.3) is 5.91 Å². The smallest absolute Gasteiger partial charge is 0.305 e. The molecular weight excluding hydrogens is 641 g/mol. The summed E-state index contributed by atoms with van der Waals surface area (Å²) in [7, 11) is -3.86. The Labute approximate surface area is 265 Å². The van der Waals surface area contributed by atoms with Gasteiger partial charge in [-0.15, -0.1) is 0 Å². The lowest BCUT2D eigenvalue weighted by Crippen LogP contribution is -2.32. The summed E-state index contributed by atoms with van der Waals surface area (Å²) in [6, 6.07) is 19.2. The molecule has 1 saturated heterocycles. The van der Waals surface area contributed by atoms with Gasteiger partial charge < -0.3 is 19.8 Å². The maximum atomic E-state index is 13.9. The van der Waals surface area contributed by atoms with Crippen molar-refractivity contribution in [3.8, 4) is 11.5 Å². The number of nitrogens with one attached hydrogen (secondary N) is 2.